The van der Waals surface area contributed by atoms with Crippen LogP contribution in [0, 0.1) is 11.2 Å². The summed E-state index contributed by atoms with van der Waals surface area (Å²) in [5.74, 6) is 0.395. The minimum absolute atomic E-state index is 0.123. The molecule has 0 radical (unpaired) electrons. The van der Waals surface area contributed by atoms with Crippen molar-refractivity contribution in [1.82, 2.24) is 5.32 Å². The van der Waals surface area contributed by atoms with E-state index in [1.54, 1.807) is 13.2 Å². The van der Waals surface area contributed by atoms with Crippen molar-refractivity contribution in [1.29, 1.82) is 0 Å². The quantitative estimate of drug-likeness (QED) is 0.910. The van der Waals surface area contributed by atoms with Crippen molar-refractivity contribution >= 4 is 0 Å². The van der Waals surface area contributed by atoms with Crippen LogP contribution in [0.15, 0.2) is 24.3 Å². The Morgan fingerprint density at radius 1 is 1.25 bits per heavy atom. The van der Waals surface area contributed by atoms with Crippen molar-refractivity contribution in [3.05, 3.63) is 35.6 Å². The molecule has 0 saturated heterocycles. The van der Waals surface area contributed by atoms with Crippen molar-refractivity contribution in [3.8, 4) is 0 Å². The molecule has 0 spiro atoms. The Labute approximate surface area is 120 Å². The van der Waals surface area contributed by atoms with Gasteiger partial charge in [0.2, 0.25) is 0 Å². The average molecular weight is 277 g/mol. The molecule has 2 saturated carbocycles. The Morgan fingerprint density at radius 2 is 2.00 bits per heavy atom. The van der Waals surface area contributed by atoms with Crippen LogP contribution >= 0.6 is 0 Å². The van der Waals surface area contributed by atoms with Gasteiger partial charge in [-0.15, -0.1) is 0 Å². The normalized spacial score (nSPS) is 35.2. The number of nitrogens with one attached hydrogen (secondary N) is 1. The van der Waals surface area contributed by atoms with Gasteiger partial charge in [-0.2, -0.15) is 0 Å². The molecule has 0 bridgehead atoms. The van der Waals surface area contributed by atoms with E-state index < -0.39 is 0 Å². The van der Waals surface area contributed by atoms with Gasteiger partial charge in [0.05, 0.1) is 6.10 Å². The number of rotatable bonds is 4. The first kappa shape index (κ1) is 14.0. The van der Waals surface area contributed by atoms with Gasteiger partial charge in [0, 0.05) is 24.6 Å². The highest BCUT2D eigenvalue weighted by Gasteiger charge is 2.49. The fourth-order valence-electron chi connectivity index (χ4n) is 3.64. The summed E-state index contributed by atoms with van der Waals surface area (Å²) >= 11 is 0. The summed E-state index contributed by atoms with van der Waals surface area (Å²) in [4.78, 5) is 0. The minimum atomic E-state index is -0.123. The van der Waals surface area contributed by atoms with Gasteiger partial charge in [-0.05, 0) is 42.9 Å². The monoisotopic (exact) mass is 277 g/mol. The lowest BCUT2D eigenvalue weighted by molar-refractivity contribution is -0.103. The lowest BCUT2D eigenvalue weighted by Gasteiger charge is -2.54. The third kappa shape index (κ3) is 2.38. The molecule has 1 aromatic rings. The number of hydrogen-bond acceptors (Lipinski definition) is 2. The number of hydrogen-bond donors (Lipinski definition) is 1. The lowest BCUT2D eigenvalue weighted by atomic mass is 9.63. The van der Waals surface area contributed by atoms with Crippen molar-refractivity contribution in [2.24, 2.45) is 5.41 Å². The first-order valence-electron chi connectivity index (χ1n) is 7.55. The lowest BCUT2D eigenvalue weighted by Crippen LogP contribution is -2.63. The molecule has 2 fully saturated rings. The van der Waals surface area contributed by atoms with Gasteiger partial charge < -0.3 is 10.1 Å². The highest BCUT2D eigenvalue weighted by Crippen LogP contribution is 2.45. The Bertz CT molecular complexity index is 482. The summed E-state index contributed by atoms with van der Waals surface area (Å²) in [7, 11) is 1.80. The third-order valence-electron chi connectivity index (χ3n) is 5.36. The van der Waals surface area contributed by atoms with Crippen LogP contribution in [0.4, 0.5) is 4.39 Å². The van der Waals surface area contributed by atoms with Crippen LogP contribution in [0.5, 0.6) is 0 Å². The molecule has 0 heterocycles. The fourth-order valence-corrected chi connectivity index (χ4v) is 3.64. The summed E-state index contributed by atoms with van der Waals surface area (Å²) in [5, 5.41) is 3.75. The molecule has 2 aliphatic rings. The molecule has 0 aliphatic heterocycles. The second-order valence-electron chi connectivity index (χ2n) is 6.92. The van der Waals surface area contributed by atoms with Crippen LogP contribution < -0.4 is 5.32 Å². The van der Waals surface area contributed by atoms with Crippen LogP contribution in [0.1, 0.15) is 44.6 Å². The fraction of sp³-hybridized carbons (Fsp3) is 0.647. The number of ether oxygens (including phenoxy) is 1. The predicted molar refractivity (Wildman–Crippen MR) is 78.3 cm³/mol. The SMILES string of the molecule is COC1CC(NC2CC(c3cccc(F)c3)C2)C1(C)C. The molecule has 2 aliphatic carbocycles. The number of methoxy groups -OCH3 is 1. The smallest absolute Gasteiger partial charge is 0.123 e. The molecule has 3 heteroatoms. The van der Waals surface area contributed by atoms with Crippen LogP contribution in [0.25, 0.3) is 0 Å². The summed E-state index contributed by atoms with van der Waals surface area (Å²) in [6.07, 6.45) is 3.71. The predicted octanol–water partition coefficient (Wildman–Crippen LogP) is 3.47. The first-order valence-corrected chi connectivity index (χ1v) is 7.55. The minimum Gasteiger partial charge on any atom is -0.381 e. The molecule has 1 N–H and O–H groups in total. The van der Waals surface area contributed by atoms with E-state index in [2.05, 4.69) is 19.2 Å². The van der Waals surface area contributed by atoms with Crippen molar-refractivity contribution in [3.63, 3.8) is 0 Å². The van der Waals surface area contributed by atoms with Gasteiger partial charge in [-0.25, -0.2) is 4.39 Å². The largest absolute Gasteiger partial charge is 0.381 e. The zero-order valence-corrected chi connectivity index (χ0v) is 12.5. The second-order valence-corrected chi connectivity index (χ2v) is 6.92. The summed E-state index contributed by atoms with van der Waals surface area (Å²) in [5.41, 5.74) is 1.37. The topological polar surface area (TPSA) is 21.3 Å². The molecule has 20 heavy (non-hydrogen) atoms. The molecule has 2 unspecified atom stereocenters. The Kier molecular flexibility index (Phi) is 3.59. The van der Waals surface area contributed by atoms with E-state index in [4.69, 9.17) is 4.74 Å². The van der Waals surface area contributed by atoms with Gasteiger partial charge in [0.25, 0.3) is 0 Å². The van der Waals surface area contributed by atoms with Gasteiger partial charge in [-0.1, -0.05) is 26.0 Å². The van der Waals surface area contributed by atoms with E-state index in [1.807, 2.05) is 12.1 Å². The molecule has 1 aromatic carbocycles. The van der Waals surface area contributed by atoms with E-state index in [0.29, 0.717) is 24.1 Å². The van der Waals surface area contributed by atoms with Crippen molar-refractivity contribution < 1.29 is 9.13 Å². The first-order chi connectivity index (χ1) is 9.50. The standard InChI is InChI=1S/C17H24FNO/c1-17(2)15(10-16(17)20-3)19-14-8-12(9-14)11-5-4-6-13(18)7-11/h4-7,12,14-16,19H,8-10H2,1-3H3. The van der Waals surface area contributed by atoms with E-state index >= 15 is 0 Å². The third-order valence-corrected chi connectivity index (χ3v) is 5.36. The van der Waals surface area contributed by atoms with E-state index in [1.165, 1.54) is 6.07 Å². The zero-order chi connectivity index (χ0) is 14.3. The van der Waals surface area contributed by atoms with Crippen molar-refractivity contribution in [2.75, 3.05) is 7.11 Å². The summed E-state index contributed by atoms with van der Waals surface area (Å²) in [6.45, 7) is 4.54. The highest BCUT2D eigenvalue weighted by atomic mass is 19.1. The van der Waals surface area contributed by atoms with Gasteiger partial charge in [0.15, 0.2) is 0 Å². The average Bonchev–Trinajstić information content (AvgIpc) is 2.35. The molecule has 0 aromatic heterocycles. The van der Waals surface area contributed by atoms with Crippen LogP contribution in [-0.2, 0) is 4.74 Å². The van der Waals surface area contributed by atoms with Gasteiger partial charge in [0.1, 0.15) is 5.82 Å². The summed E-state index contributed by atoms with van der Waals surface area (Å²) in [6, 6.07) is 8.16. The van der Waals surface area contributed by atoms with E-state index in [9.17, 15) is 4.39 Å². The molecule has 3 rings (SSSR count). The molecular formula is C17H24FNO. The Hall–Kier alpha value is -0.930. The summed E-state index contributed by atoms with van der Waals surface area (Å²) < 4.78 is 18.7. The maximum atomic E-state index is 13.2. The van der Waals surface area contributed by atoms with Crippen LogP contribution in [0.2, 0.25) is 0 Å². The Morgan fingerprint density at radius 3 is 2.60 bits per heavy atom. The second kappa shape index (κ2) is 5.12. The molecule has 110 valence electrons. The van der Waals surface area contributed by atoms with Crippen molar-refractivity contribution in [2.45, 2.75) is 57.2 Å². The molecule has 0 amide bonds. The van der Waals surface area contributed by atoms with E-state index in [-0.39, 0.29) is 11.2 Å². The molecular weight excluding hydrogens is 253 g/mol. The zero-order valence-electron chi connectivity index (χ0n) is 12.5. The Balaban J connectivity index is 1.50. The van der Waals surface area contributed by atoms with Crippen LogP contribution in [0.3, 0.4) is 0 Å². The number of benzene rings is 1. The van der Waals surface area contributed by atoms with Gasteiger partial charge in [-0.3, -0.25) is 0 Å². The molecule has 2 nitrogen and oxygen atoms in total. The molecule has 2 atom stereocenters. The maximum absolute atomic E-state index is 13.2. The van der Waals surface area contributed by atoms with Gasteiger partial charge >= 0.3 is 0 Å². The van der Waals surface area contributed by atoms with E-state index in [0.717, 1.165) is 24.8 Å². The van der Waals surface area contributed by atoms with Crippen LogP contribution in [-0.4, -0.2) is 25.3 Å². The highest BCUT2D eigenvalue weighted by molar-refractivity contribution is 5.24. The number of halogens is 1. The maximum Gasteiger partial charge on any atom is 0.123 e.